The molecular weight excluding hydrogens is 254 g/mol. The van der Waals surface area contributed by atoms with Gasteiger partial charge in [0.15, 0.2) is 0 Å². The first kappa shape index (κ1) is 16.2. The van der Waals surface area contributed by atoms with Crippen LogP contribution in [0.1, 0.15) is 47.9 Å². The zero-order valence-electron chi connectivity index (χ0n) is 12.3. The van der Waals surface area contributed by atoms with Crippen LogP contribution in [-0.4, -0.2) is 30.4 Å². The van der Waals surface area contributed by atoms with Crippen LogP contribution in [0.15, 0.2) is 24.3 Å². The predicted octanol–water partition coefficient (Wildman–Crippen LogP) is 1.29. The van der Waals surface area contributed by atoms with Crippen LogP contribution >= 0.6 is 0 Å². The molecule has 0 atom stereocenters. The van der Waals surface area contributed by atoms with Crippen LogP contribution in [0.2, 0.25) is 0 Å². The molecule has 0 heterocycles. The number of hydrogen-bond donors (Lipinski definition) is 3. The molecule has 0 unspecified atom stereocenters. The van der Waals surface area contributed by atoms with Crippen molar-refractivity contribution in [2.75, 3.05) is 13.1 Å². The number of nitrogens with one attached hydrogen (secondary N) is 2. The van der Waals surface area contributed by atoms with E-state index in [4.69, 9.17) is 5.73 Å². The van der Waals surface area contributed by atoms with Crippen LogP contribution in [0.5, 0.6) is 0 Å². The molecule has 0 aliphatic carbocycles. The van der Waals surface area contributed by atoms with Crippen LogP contribution in [-0.2, 0) is 0 Å². The Hall–Kier alpha value is -1.88. The molecule has 1 aromatic carbocycles. The van der Waals surface area contributed by atoms with Gasteiger partial charge < -0.3 is 16.4 Å². The molecule has 5 nitrogen and oxygen atoms in total. The molecule has 20 heavy (non-hydrogen) atoms. The van der Waals surface area contributed by atoms with E-state index in [2.05, 4.69) is 10.6 Å². The van der Waals surface area contributed by atoms with Gasteiger partial charge in [-0.05, 0) is 38.5 Å². The van der Waals surface area contributed by atoms with E-state index < -0.39 is 5.54 Å². The molecule has 0 radical (unpaired) electrons. The first-order valence-corrected chi connectivity index (χ1v) is 6.79. The van der Waals surface area contributed by atoms with Crippen molar-refractivity contribution < 1.29 is 9.59 Å². The lowest BCUT2D eigenvalue weighted by Gasteiger charge is -2.19. The van der Waals surface area contributed by atoms with Gasteiger partial charge in [0, 0.05) is 29.8 Å². The molecule has 0 saturated carbocycles. The summed E-state index contributed by atoms with van der Waals surface area (Å²) >= 11 is 0. The Labute approximate surface area is 119 Å². The van der Waals surface area contributed by atoms with Crippen molar-refractivity contribution in [2.24, 2.45) is 5.73 Å². The number of carbonyl (C=O) groups excluding carboxylic acids is 2. The van der Waals surface area contributed by atoms with Gasteiger partial charge in [0.2, 0.25) is 0 Å². The lowest BCUT2D eigenvalue weighted by atomic mass is 10.1. The van der Waals surface area contributed by atoms with Crippen LogP contribution in [0.25, 0.3) is 0 Å². The van der Waals surface area contributed by atoms with E-state index >= 15 is 0 Å². The third kappa shape index (κ3) is 5.40. The average Bonchev–Trinajstić information content (AvgIpc) is 2.41. The fraction of sp³-hybridized carbons (Fsp3) is 0.467. The van der Waals surface area contributed by atoms with Crippen molar-refractivity contribution in [1.82, 2.24) is 10.6 Å². The summed E-state index contributed by atoms with van der Waals surface area (Å²) in [6, 6.07) is 6.65. The average molecular weight is 277 g/mol. The quantitative estimate of drug-likeness (QED) is 0.732. The third-order valence-electron chi connectivity index (χ3n) is 2.63. The van der Waals surface area contributed by atoms with Gasteiger partial charge in [0.25, 0.3) is 11.8 Å². The van der Waals surface area contributed by atoms with Gasteiger partial charge in [-0.3, -0.25) is 9.59 Å². The minimum absolute atomic E-state index is 0.166. The molecule has 2 amide bonds. The number of amides is 2. The molecule has 5 heteroatoms. The molecular formula is C15H23N3O2. The number of nitrogens with two attached hydrogens (primary N) is 1. The molecule has 4 N–H and O–H groups in total. The normalized spacial score (nSPS) is 11.0. The first-order chi connectivity index (χ1) is 9.33. The van der Waals surface area contributed by atoms with E-state index in [1.807, 2.05) is 20.8 Å². The van der Waals surface area contributed by atoms with Crippen LogP contribution in [0.4, 0.5) is 0 Å². The number of carbonyl (C=O) groups is 2. The zero-order valence-corrected chi connectivity index (χ0v) is 12.3. The van der Waals surface area contributed by atoms with E-state index in [1.165, 1.54) is 0 Å². The second-order valence-corrected chi connectivity index (χ2v) is 5.51. The van der Waals surface area contributed by atoms with Crippen molar-refractivity contribution in [3.8, 4) is 0 Å². The van der Waals surface area contributed by atoms with Gasteiger partial charge in [-0.2, -0.15) is 0 Å². The van der Waals surface area contributed by atoms with Crippen LogP contribution in [0.3, 0.4) is 0 Å². The summed E-state index contributed by atoms with van der Waals surface area (Å²) < 4.78 is 0. The highest BCUT2D eigenvalue weighted by Crippen LogP contribution is 2.06. The molecule has 1 rings (SSSR count). The summed E-state index contributed by atoms with van der Waals surface area (Å²) in [5, 5.41) is 5.53. The fourth-order valence-corrected chi connectivity index (χ4v) is 1.55. The summed E-state index contributed by atoms with van der Waals surface area (Å²) in [5.74, 6) is -0.394. The van der Waals surface area contributed by atoms with E-state index in [0.717, 1.165) is 6.42 Å². The molecule has 1 aromatic rings. The van der Waals surface area contributed by atoms with E-state index in [1.54, 1.807) is 24.3 Å². The van der Waals surface area contributed by atoms with Crippen molar-refractivity contribution >= 4 is 11.8 Å². The maximum absolute atomic E-state index is 12.0. The largest absolute Gasteiger partial charge is 0.352 e. The minimum atomic E-state index is -0.466. The zero-order chi connectivity index (χ0) is 15.2. The Balaban J connectivity index is 2.72. The van der Waals surface area contributed by atoms with Crippen molar-refractivity contribution in [3.05, 3.63) is 35.4 Å². The maximum Gasteiger partial charge on any atom is 0.251 e. The molecule has 0 aliphatic rings. The second kappa shape index (κ2) is 7.05. The summed E-state index contributed by atoms with van der Waals surface area (Å²) in [4.78, 5) is 23.8. The highest BCUT2D eigenvalue weighted by molar-refractivity contribution is 5.99. The highest BCUT2D eigenvalue weighted by Gasteiger charge is 2.14. The van der Waals surface area contributed by atoms with E-state index in [0.29, 0.717) is 24.2 Å². The monoisotopic (exact) mass is 277 g/mol. The number of rotatable bonds is 6. The minimum Gasteiger partial charge on any atom is -0.352 e. The number of hydrogen-bond acceptors (Lipinski definition) is 3. The van der Waals surface area contributed by atoms with Gasteiger partial charge in [-0.25, -0.2) is 0 Å². The summed E-state index contributed by atoms with van der Waals surface area (Å²) in [7, 11) is 0. The topological polar surface area (TPSA) is 84.2 Å². The van der Waals surface area contributed by atoms with Gasteiger partial charge in [-0.1, -0.05) is 13.0 Å². The van der Waals surface area contributed by atoms with Gasteiger partial charge in [-0.15, -0.1) is 0 Å². The van der Waals surface area contributed by atoms with Crippen LogP contribution in [0, 0.1) is 0 Å². The smallest absolute Gasteiger partial charge is 0.251 e. The standard InChI is InChI=1S/C15H23N3O2/c1-4-8-17-13(19)11-6-5-7-12(9-11)14(20)18-10-15(2,3)16/h5-7,9H,4,8,10,16H2,1-3H3,(H,17,19)(H,18,20). The summed E-state index contributed by atoms with van der Waals surface area (Å²) in [5.41, 5.74) is 6.29. The number of benzene rings is 1. The predicted molar refractivity (Wildman–Crippen MR) is 79.7 cm³/mol. The van der Waals surface area contributed by atoms with Gasteiger partial charge >= 0.3 is 0 Å². The van der Waals surface area contributed by atoms with Gasteiger partial charge in [0.05, 0.1) is 0 Å². The molecule has 0 aromatic heterocycles. The Kier molecular flexibility index (Phi) is 5.70. The molecule has 0 saturated heterocycles. The summed E-state index contributed by atoms with van der Waals surface area (Å²) in [6.07, 6.45) is 0.873. The van der Waals surface area contributed by atoms with Crippen molar-refractivity contribution in [1.29, 1.82) is 0 Å². The van der Waals surface area contributed by atoms with Crippen molar-refractivity contribution in [3.63, 3.8) is 0 Å². The highest BCUT2D eigenvalue weighted by atomic mass is 16.2. The lowest BCUT2D eigenvalue weighted by molar-refractivity contribution is 0.0946. The van der Waals surface area contributed by atoms with Crippen LogP contribution < -0.4 is 16.4 Å². The Morgan fingerprint density at radius 1 is 1.15 bits per heavy atom. The van der Waals surface area contributed by atoms with Crippen molar-refractivity contribution in [2.45, 2.75) is 32.7 Å². The SMILES string of the molecule is CCCNC(=O)c1cccc(C(=O)NCC(C)(C)N)c1. The maximum atomic E-state index is 12.0. The molecule has 0 fully saturated rings. The first-order valence-electron chi connectivity index (χ1n) is 6.79. The second-order valence-electron chi connectivity index (χ2n) is 5.51. The molecule has 0 bridgehead atoms. The Morgan fingerprint density at radius 3 is 2.20 bits per heavy atom. The fourth-order valence-electron chi connectivity index (χ4n) is 1.55. The van der Waals surface area contributed by atoms with E-state index in [9.17, 15) is 9.59 Å². The Bertz CT molecular complexity index is 478. The molecule has 110 valence electrons. The van der Waals surface area contributed by atoms with Gasteiger partial charge in [0.1, 0.15) is 0 Å². The third-order valence-corrected chi connectivity index (χ3v) is 2.63. The Morgan fingerprint density at radius 2 is 1.70 bits per heavy atom. The lowest BCUT2D eigenvalue weighted by Crippen LogP contribution is -2.45. The summed E-state index contributed by atoms with van der Waals surface area (Å²) in [6.45, 7) is 6.65. The molecule has 0 spiro atoms. The van der Waals surface area contributed by atoms with E-state index in [-0.39, 0.29) is 11.8 Å². The molecule has 0 aliphatic heterocycles.